The van der Waals surface area contributed by atoms with Gasteiger partial charge in [-0.15, -0.1) is 0 Å². The van der Waals surface area contributed by atoms with Crippen LogP contribution >= 0.6 is 0 Å². The SMILES string of the molecule is O=C1C=CC(=O)N1c1cc(OC(F)=C(F)C(F)(F)C(F)(F)C(F)(F)C(F)(F)F)cc(N2C(=O)C=CC2=O)c1. The second kappa shape index (κ2) is 8.95. The summed E-state index contributed by atoms with van der Waals surface area (Å²) in [6, 6.07) is -1.88. The average Bonchev–Trinajstić information content (AvgIpc) is 3.31. The van der Waals surface area contributed by atoms with E-state index in [1.165, 1.54) is 0 Å². The highest BCUT2D eigenvalue weighted by Gasteiger charge is 2.83. The molecule has 0 unspecified atom stereocenters. The molecular formula is C20H7F11N2O5. The molecule has 0 fully saturated rings. The third kappa shape index (κ3) is 4.38. The van der Waals surface area contributed by atoms with E-state index in [9.17, 15) is 67.5 Å². The van der Waals surface area contributed by atoms with Crippen LogP contribution in [0.15, 0.2) is 54.3 Å². The predicted molar refractivity (Wildman–Crippen MR) is 100 cm³/mol. The zero-order valence-electron chi connectivity index (χ0n) is 17.6. The van der Waals surface area contributed by atoms with E-state index in [1.807, 2.05) is 0 Å². The number of imide groups is 2. The highest BCUT2D eigenvalue weighted by Crippen LogP contribution is 2.55. The lowest BCUT2D eigenvalue weighted by molar-refractivity contribution is -0.392. The van der Waals surface area contributed by atoms with Crippen LogP contribution in [0.4, 0.5) is 59.7 Å². The number of anilines is 2. The molecule has 0 spiro atoms. The number of amides is 4. The number of alkyl halides is 9. The number of benzene rings is 1. The first-order valence-electron chi connectivity index (χ1n) is 9.45. The summed E-state index contributed by atoms with van der Waals surface area (Å²) in [5.41, 5.74) is -1.36. The first-order chi connectivity index (χ1) is 17.2. The smallest absolute Gasteiger partial charge is 0.429 e. The molecule has 0 N–H and O–H groups in total. The molecule has 18 heteroatoms. The van der Waals surface area contributed by atoms with Crippen molar-refractivity contribution in [3.05, 3.63) is 54.3 Å². The van der Waals surface area contributed by atoms with Gasteiger partial charge in [0, 0.05) is 36.4 Å². The maximum absolute atomic E-state index is 14.1. The van der Waals surface area contributed by atoms with Crippen molar-refractivity contribution in [1.29, 1.82) is 0 Å². The lowest BCUT2D eigenvalue weighted by atomic mass is 10.0. The van der Waals surface area contributed by atoms with Crippen molar-refractivity contribution in [1.82, 2.24) is 0 Å². The minimum absolute atomic E-state index is 0.277. The molecule has 38 heavy (non-hydrogen) atoms. The van der Waals surface area contributed by atoms with Crippen LogP contribution in [0.3, 0.4) is 0 Å². The molecule has 0 aliphatic carbocycles. The number of allylic oxidation sites excluding steroid dienone is 1. The highest BCUT2D eigenvalue weighted by molar-refractivity contribution is 6.30. The Balaban J connectivity index is 2.09. The van der Waals surface area contributed by atoms with Crippen molar-refractivity contribution in [3.63, 3.8) is 0 Å². The monoisotopic (exact) mass is 564 g/mol. The molecular weight excluding hydrogens is 557 g/mol. The van der Waals surface area contributed by atoms with Crippen LogP contribution in [0.2, 0.25) is 0 Å². The lowest BCUT2D eigenvalue weighted by Gasteiger charge is -2.32. The predicted octanol–water partition coefficient (Wildman–Crippen LogP) is 4.50. The summed E-state index contributed by atoms with van der Waals surface area (Å²) in [7, 11) is 0. The lowest BCUT2D eigenvalue weighted by Crippen LogP contribution is -2.61. The van der Waals surface area contributed by atoms with E-state index < -0.39 is 76.5 Å². The minimum atomic E-state index is -7.56. The van der Waals surface area contributed by atoms with Crippen LogP contribution in [0.25, 0.3) is 0 Å². The number of hydrogen-bond acceptors (Lipinski definition) is 5. The maximum atomic E-state index is 14.1. The van der Waals surface area contributed by atoms with Gasteiger partial charge in [-0.25, -0.2) is 9.80 Å². The zero-order valence-corrected chi connectivity index (χ0v) is 17.6. The minimum Gasteiger partial charge on any atom is -0.429 e. The van der Waals surface area contributed by atoms with Crippen molar-refractivity contribution < 1.29 is 72.2 Å². The summed E-state index contributed by atoms with van der Waals surface area (Å²) in [5, 5.41) is 0. The summed E-state index contributed by atoms with van der Waals surface area (Å²) < 4.78 is 149. The third-order valence-corrected chi connectivity index (χ3v) is 4.81. The van der Waals surface area contributed by atoms with Crippen LogP contribution in [0.1, 0.15) is 0 Å². The standard InChI is InChI=1S/C20H7F11N2O5/c21-15(17(23,24)18(25,26)19(27,28)20(29,30)31)16(22)38-10-6-8(32-11(34)1-2-12(32)35)5-9(7-10)33-13(36)3-4-14(33)37/h1-7H. The van der Waals surface area contributed by atoms with Crippen molar-refractivity contribution in [2.45, 2.75) is 23.9 Å². The highest BCUT2D eigenvalue weighted by atomic mass is 19.4. The van der Waals surface area contributed by atoms with Gasteiger partial charge in [-0.3, -0.25) is 19.2 Å². The quantitative estimate of drug-likeness (QED) is 0.277. The van der Waals surface area contributed by atoms with Crippen molar-refractivity contribution in [3.8, 4) is 5.75 Å². The van der Waals surface area contributed by atoms with Crippen LogP contribution < -0.4 is 14.5 Å². The number of carbonyl (C=O) groups excluding carboxylic acids is 4. The van der Waals surface area contributed by atoms with Crippen LogP contribution in [-0.2, 0) is 19.2 Å². The summed E-state index contributed by atoms with van der Waals surface area (Å²) in [6.07, 6.45) is -4.51. The Morgan fingerprint density at radius 3 is 1.32 bits per heavy atom. The Hall–Kier alpha value is -4.25. The molecule has 7 nitrogen and oxygen atoms in total. The third-order valence-electron chi connectivity index (χ3n) is 4.81. The van der Waals surface area contributed by atoms with Gasteiger partial charge in [0.2, 0.25) is 5.83 Å². The molecule has 204 valence electrons. The molecule has 1 aromatic rings. The normalized spacial score (nSPS) is 17.7. The van der Waals surface area contributed by atoms with E-state index in [0.717, 1.165) is 6.07 Å². The molecule has 2 aliphatic rings. The van der Waals surface area contributed by atoms with Crippen LogP contribution in [0.5, 0.6) is 5.75 Å². The summed E-state index contributed by atoms with van der Waals surface area (Å²) in [5.74, 6) is -32.1. The van der Waals surface area contributed by atoms with Gasteiger partial charge in [-0.1, -0.05) is 0 Å². The fourth-order valence-corrected chi connectivity index (χ4v) is 2.98. The summed E-state index contributed by atoms with van der Waals surface area (Å²) in [4.78, 5) is 48.3. The molecule has 0 aromatic heterocycles. The molecule has 0 radical (unpaired) electrons. The van der Waals surface area contributed by atoms with Gasteiger partial charge in [-0.2, -0.15) is 48.3 Å². The van der Waals surface area contributed by atoms with E-state index in [-0.39, 0.29) is 9.80 Å². The Morgan fingerprint density at radius 1 is 0.605 bits per heavy atom. The average molecular weight is 564 g/mol. The molecule has 4 amide bonds. The van der Waals surface area contributed by atoms with Crippen LogP contribution in [0, 0.1) is 0 Å². The second-order valence-electron chi connectivity index (χ2n) is 7.29. The van der Waals surface area contributed by atoms with Gasteiger partial charge in [0.15, 0.2) is 0 Å². The number of nitrogens with zero attached hydrogens (tertiary/aromatic N) is 2. The molecule has 0 saturated carbocycles. The number of halogens is 11. The Morgan fingerprint density at radius 2 is 0.974 bits per heavy atom. The number of ether oxygens (including phenoxy) is 1. The first-order valence-corrected chi connectivity index (χ1v) is 9.45. The van der Waals surface area contributed by atoms with E-state index in [0.29, 0.717) is 36.4 Å². The van der Waals surface area contributed by atoms with Gasteiger partial charge in [0.05, 0.1) is 11.4 Å². The molecule has 3 rings (SSSR count). The number of carbonyl (C=O) groups is 4. The molecule has 2 heterocycles. The molecule has 0 saturated heterocycles. The summed E-state index contributed by atoms with van der Waals surface area (Å²) >= 11 is 0. The second-order valence-corrected chi connectivity index (χ2v) is 7.29. The van der Waals surface area contributed by atoms with E-state index in [1.54, 1.807) is 0 Å². The summed E-state index contributed by atoms with van der Waals surface area (Å²) in [6.45, 7) is 0. The maximum Gasteiger partial charge on any atom is 0.460 e. The van der Waals surface area contributed by atoms with Gasteiger partial charge in [-0.05, 0) is 6.07 Å². The van der Waals surface area contributed by atoms with Gasteiger partial charge >= 0.3 is 30.0 Å². The van der Waals surface area contributed by atoms with Gasteiger partial charge in [0.1, 0.15) is 5.75 Å². The van der Waals surface area contributed by atoms with Crippen molar-refractivity contribution >= 4 is 35.0 Å². The van der Waals surface area contributed by atoms with Gasteiger partial charge < -0.3 is 4.74 Å². The fourth-order valence-electron chi connectivity index (χ4n) is 2.98. The Labute approximate surface area is 202 Å². The Kier molecular flexibility index (Phi) is 6.67. The first kappa shape index (κ1) is 28.3. The molecule has 2 aliphatic heterocycles. The zero-order chi connectivity index (χ0) is 29.0. The molecule has 0 bridgehead atoms. The van der Waals surface area contributed by atoms with E-state index in [2.05, 4.69) is 4.74 Å². The van der Waals surface area contributed by atoms with Gasteiger partial charge in [0.25, 0.3) is 23.6 Å². The van der Waals surface area contributed by atoms with E-state index in [4.69, 9.17) is 0 Å². The van der Waals surface area contributed by atoms with Crippen molar-refractivity contribution in [2.24, 2.45) is 0 Å². The van der Waals surface area contributed by atoms with Crippen LogP contribution in [-0.4, -0.2) is 47.6 Å². The van der Waals surface area contributed by atoms with Crippen molar-refractivity contribution in [2.75, 3.05) is 9.80 Å². The molecule has 0 atom stereocenters. The number of rotatable bonds is 7. The Bertz CT molecular complexity index is 1230. The topological polar surface area (TPSA) is 84.0 Å². The molecule has 1 aromatic carbocycles. The van der Waals surface area contributed by atoms with E-state index >= 15 is 0 Å². The largest absolute Gasteiger partial charge is 0.460 e. The number of hydrogen-bond donors (Lipinski definition) is 0. The fraction of sp³-hybridized carbons (Fsp3) is 0.200.